The highest BCUT2D eigenvalue weighted by atomic mass is 16.5. The quantitative estimate of drug-likeness (QED) is 0.860. The molecule has 116 valence electrons. The van der Waals surface area contributed by atoms with Crippen LogP contribution in [0.3, 0.4) is 0 Å². The molecule has 1 atom stereocenters. The minimum absolute atomic E-state index is 0.00994. The predicted octanol–water partition coefficient (Wildman–Crippen LogP) is 1.72. The number of fused-ring (bicyclic) bond motifs is 1. The molecule has 1 fully saturated rings. The van der Waals surface area contributed by atoms with Gasteiger partial charge < -0.3 is 19.7 Å². The number of carbonyl (C=O) groups is 2. The largest absolute Gasteiger partial charge is 0.481 e. The van der Waals surface area contributed by atoms with Crippen LogP contribution in [0.4, 0.5) is 11.4 Å². The smallest absolute Gasteiger partial charge is 0.265 e. The van der Waals surface area contributed by atoms with Crippen LogP contribution in [-0.2, 0) is 14.3 Å². The van der Waals surface area contributed by atoms with Gasteiger partial charge >= 0.3 is 0 Å². The molecule has 0 aliphatic carbocycles. The molecule has 2 aliphatic rings. The van der Waals surface area contributed by atoms with Gasteiger partial charge in [0.05, 0.1) is 5.69 Å². The summed E-state index contributed by atoms with van der Waals surface area (Å²) in [6, 6.07) is 5.25. The highest BCUT2D eigenvalue weighted by molar-refractivity contribution is 5.99. The Kier molecular flexibility index (Phi) is 4.11. The number of hydrogen-bond acceptors (Lipinski definition) is 4. The van der Waals surface area contributed by atoms with Crippen LogP contribution < -0.4 is 15.0 Å². The fourth-order valence-electron chi connectivity index (χ4n) is 2.62. The van der Waals surface area contributed by atoms with E-state index in [1.807, 2.05) is 0 Å². The van der Waals surface area contributed by atoms with Gasteiger partial charge in [-0.2, -0.15) is 0 Å². The second-order valence-corrected chi connectivity index (χ2v) is 5.26. The van der Waals surface area contributed by atoms with Crippen molar-refractivity contribution in [3.63, 3.8) is 0 Å². The van der Waals surface area contributed by atoms with Crippen molar-refractivity contribution in [3.05, 3.63) is 30.9 Å². The van der Waals surface area contributed by atoms with Gasteiger partial charge in [0.25, 0.3) is 11.8 Å². The molecule has 0 spiro atoms. The van der Waals surface area contributed by atoms with Crippen molar-refractivity contribution in [1.82, 2.24) is 0 Å². The topological polar surface area (TPSA) is 67.9 Å². The molecule has 6 heteroatoms. The van der Waals surface area contributed by atoms with E-state index in [-0.39, 0.29) is 24.5 Å². The molecule has 2 amide bonds. The predicted molar refractivity (Wildman–Crippen MR) is 82.1 cm³/mol. The highest BCUT2D eigenvalue weighted by Gasteiger charge is 2.26. The van der Waals surface area contributed by atoms with Gasteiger partial charge in [-0.25, -0.2) is 0 Å². The van der Waals surface area contributed by atoms with Crippen LogP contribution in [0.5, 0.6) is 5.75 Å². The number of hydrogen-bond donors (Lipinski definition) is 1. The zero-order chi connectivity index (χ0) is 15.5. The zero-order valence-corrected chi connectivity index (χ0v) is 12.2. The first-order valence-corrected chi connectivity index (χ1v) is 7.29. The van der Waals surface area contributed by atoms with Crippen LogP contribution in [0.1, 0.15) is 12.8 Å². The van der Waals surface area contributed by atoms with Crippen molar-refractivity contribution in [2.75, 3.05) is 30.0 Å². The molecule has 0 bridgehead atoms. The summed E-state index contributed by atoms with van der Waals surface area (Å²) < 4.78 is 10.8. The lowest BCUT2D eigenvalue weighted by Crippen LogP contribution is -2.38. The summed E-state index contributed by atoms with van der Waals surface area (Å²) in [6.45, 7) is 4.70. The van der Waals surface area contributed by atoms with Gasteiger partial charge in [-0.05, 0) is 25.0 Å². The van der Waals surface area contributed by atoms with Crippen molar-refractivity contribution >= 4 is 23.2 Å². The Hall–Kier alpha value is -2.34. The molecule has 1 saturated heterocycles. The average Bonchev–Trinajstić information content (AvgIpc) is 3.05. The first-order chi connectivity index (χ1) is 10.7. The number of ether oxygens (including phenoxy) is 2. The maximum absolute atomic E-state index is 12.0. The van der Waals surface area contributed by atoms with E-state index in [4.69, 9.17) is 9.47 Å². The molecule has 0 radical (unpaired) electrons. The summed E-state index contributed by atoms with van der Waals surface area (Å²) in [7, 11) is 0. The van der Waals surface area contributed by atoms with E-state index in [1.165, 1.54) is 0 Å². The number of nitrogens with one attached hydrogen (secondary N) is 1. The number of benzene rings is 1. The Balaban J connectivity index is 1.77. The van der Waals surface area contributed by atoms with Gasteiger partial charge in [-0.1, -0.05) is 6.08 Å². The molecule has 0 saturated carbocycles. The lowest BCUT2D eigenvalue weighted by molar-refractivity contribution is -0.124. The molecular weight excluding hydrogens is 284 g/mol. The third-order valence-corrected chi connectivity index (χ3v) is 3.70. The second-order valence-electron chi connectivity index (χ2n) is 5.26. The summed E-state index contributed by atoms with van der Waals surface area (Å²) in [4.78, 5) is 25.5. The van der Waals surface area contributed by atoms with Crippen molar-refractivity contribution in [3.8, 4) is 5.75 Å². The van der Waals surface area contributed by atoms with E-state index in [0.717, 1.165) is 12.8 Å². The molecule has 22 heavy (non-hydrogen) atoms. The molecule has 1 unspecified atom stereocenters. The van der Waals surface area contributed by atoms with E-state index in [0.29, 0.717) is 30.3 Å². The van der Waals surface area contributed by atoms with Crippen LogP contribution in [0.25, 0.3) is 0 Å². The van der Waals surface area contributed by atoms with Crippen LogP contribution in [0.15, 0.2) is 30.9 Å². The molecule has 3 rings (SSSR count). The van der Waals surface area contributed by atoms with Crippen LogP contribution in [0, 0.1) is 0 Å². The van der Waals surface area contributed by atoms with Gasteiger partial charge in [0.2, 0.25) is 0 Å². The molecular formula is C16H18N2O4. The molecule has 1 aromatic carbocycles. The third kappa shape index (κ3) is 2.82. The van der Waals surface area contributed by atoms with Gasteiger partial charge in [0.15, 0.2) is 6.61 Å². The second kappa shape index (κ2) is 6.19. The van der Waals surface area contributed by atoms with Gasteiger partial charge in [-0.15, -0.1) is 6.58 Å². The highest BCUT2D eigenvalue weighted by Crippen LogP contribution is 2.34. The fourth-order valence-corrected chi connectivity index (χ4v) is 2.62. The van der Waals surface area contributed by atoms with E-state index >= 15 is 0 Å². The SMILES string of the molecule is C=CCN1C(=O)COc2cc(NC(=O)C3CCCO3)ccc21. The molecule has 6 nitrogen and oxygen atoms in total. The average molecular weight is 302 g/mol. The first kappa shape index (κ1) is 14.6. The lowest BCUT2D eigenvalue weighted by atomic mass is 10.2. The molecule has 2 heterocycles. The van der Waals surface area contributed by atoms with Gasteiger partial charge in [0, 0.05) is 24.9 Å². The van der Waals surface area contributed by atoms with Crippen molar-refractivity contribution in [2.24, 2.45) is 0 Å². The Labute approximate surface area is 128 Å². The standard InChI is InChI=1S/C16H18N2O4/c1-2-7-18-12-6-5-11(9-14(12)22-10-15(18)19)17-16(20)13-4-3-8-21-13/h2,5-6,9,13H,1,3-4,7-8,10H2,(H,17,20). The first-order valence-electron chi connectivity index (χ1n) is 7.29. The Bertz CT molecular complexity index is 608. The monoisotopic (exact) mass is 302 g/mol. The summed E-state index contributed by atoms with van der Waals surface area (Å²) >= 11 is 0. The van der Waals surface area contributed by atoms with E-state index < -0.39 is 0 Å². The number of rotatable bonds is 4. The Morgan fingerprint density at radius 1 is 1.50 bits per heavy atom. The van der Waals surface area contributed by atoms with E-state index in [2.05, 4.69) is 11.9 Å². The van der Waals surface area contributed by atoms with Crippen LogP contribution >= 0.6 is 0 Å². The van der Waals surface area contributed by atoms with Crippen molar-refractivity contribution < 1.29 is 19.1 Å². The molecule has 1 N–H and O–H groups in total. The maximum atomic E-state index is 12.0. The number of carbonyl (C=O) groups excluding carboxylic acids is 2. The lowest BCUT2D eigenvalue weighted by Gasteiger charge is -2.28. The van der Waals surface area contributed by atoms with E-state index in [1.54, 1.807) is 29.2 Å². The number of amides is 2. The van der Waals surface area contributed by atoms with Crippen molar-refractivity contribution in [1.29, 1.82) is 0 Å². The minimum atomic E-state index is -0.379. The molecule has 1 aromatic rings. The maximum Gasteiger partial charge on any atom is 0.265 e. The summed E-state index contributed by atoms with van der Waals surface area (Å²) in [6.07, 6.45) is 2.94. The van der Waals surface area contributed by atoms with E-state index in [9.17, 15) is 9.59 Å². The van der Waals surface area contributed by atoms with Crippen molar-refractivity contribution in [2.45, 2.75) is 18.9 Å². The molecule has 2 aliphatic heterocycles. The normalized spacial score (nSPS) is 20.3. The summed E-state index contributed by atoms with van der Waals surface area (Å²) in [5, 5.41) is 2.82. The van der Waals surface area contributed by atoms with Gasteiger partial charge in [-0.3, -0.25) is 9.59 Å². The third-order valence-electron chi connectivity index (χ3n) is 3.70. The van der Waals surface area contributed by atoms with Crippen LogP contribution in [0.2, 0.25) is 0 Å². The summed E-state index contributed by atoms with van der Waals surface area (Å²) in [5.74, 6) is 0.322. The zero-order valence-electron chi connectivity index (χ0n) is 12.2. The summed E-state index contributed by atoms with van der Waals surface area (Å²) in [5.41, 5.74) is 1.32. The van der Waals surface area contributed by atoms with Crippen LogP contribution in [-0.4, -0.2) is 37.7 Å². The molecule has 0 aromatic heterocycles. The Morgan fingerprint density at radius 3 is 3.09 bits per heavy atom. The Morgan fingerprint density at radius 2 is 2.36 bits per heavy atom. The van der Waals surface area contributed by atoms with Gasteiger partial charge in [0.1, 0.15) is 11.9 Å². The fraction of sp³-hybridized carbons (Fsp3) is 0.375. The number of nitrogens with zero attached hydrogens (tertiary/aromatic N) is 1. The number of anilines is 2. The minimum Gasteiger partial charge on any atom is -0.481 e.